The molecule has 4 heteroatoms. The molecule has 3 rings (SSSR count). The minimum absolute atomic E-state index is 0.301. The molecule has 0 aromatic carbocycles. The molecule has 3 heterocycles. The lowest BCUT2D eigenvalue weighted by molar-refractivity contribution is -0.131. The van der Waals surface area contributed by atoms with E-state index in [0.29, 0.717) is 24.4 Å². The van der Waals surface area contributed by atoms with Crippen LogP contribution in [0.4, 0.5) is 0 Å². The van der Waals surface area contributed by atoms with Crippen molar-refractivity contribution < 1.29 is 4.79 Å². The van der Waals surface area contributed by atoms with E-state index in [4.69, 9.17) is 0 Å². The van der Waals surface area contributed by atoms with Crippen LogP contribution in [0.25, 0.3) is 0 Å². The third-order valence-corrected chi connectivity index (χ3v) is 5.16. The summed E-state index contributed by atoms with van der Waals surface area (Å²) in [6.07, 6.45) is 4.78. The Morgan fingerprint density at radius 1 is 1.42 bits per heavy atom. The quantitative estimate of drug-likeness (QED) is 0.787. The monoisotopic (exact) mass is 276 g/mol. The number of fused-ring (bicyclic) bond motifs is 1. The largest absolute Gasteiger partial charge is 0.338 e. The van der Waals surface area contributed by atoms with E-state index in [9.17, 15) is 4.79 Å². The van der Waals surface area contributed by atoms with Crippen LogP contribution in [0.1, 0.15) is 17.7 Å². The van der Waals surface area contributed by atoms with Crippen LogP contribution in [0.3, 0.4) is 0 Å². The second-order valence-corrected chi connectivity index (χ2v) is 6.37. The molecule has 19 heavy (non-hydrogen) atoms. The van der Waals surface area contributed by atoms with Crippen molar-refractivity contribution in [2.45, 2.75) is 31.3 Å². The van der Waals surface area contributed by atoms with Gasteiger partial charge in [0.1, 0.15) is 0 Å². The van der Waals surface area contributed by atoms with E-state index in [1.165, 1.54) is 4.88 Å². The van der Waals surface area contributed by atoms with Gasteiger partial charge in [-0.05, 0) is 24.3 Å². The number of amides is 1. The van der Waals surface area contributed by atoms with Crippen LogP contribution in [0.15, 0.2) is 30.2 Å². The molecular weight excluding hydrogens is 256 g/mol. The number of hydrogen-bond acceptors (Lipinski definition) is 3. The van der Waals surface area contributed by atoms with Crippen molar-refractivity contribution in [2.75, 3.05) is 19.6 Å². The number of carbonyl (C=O) groups is 1. The van der Waals surface area contributed by atoms with E-state index in [2.05, 4.69) is 22.4 Å². The van der Waals surface area contributed by atoms with Gasteiger partial charge < -0.3 is 4.90 Å². The molecule has 0 spiro atoms. The van der Waals surface area contributed by atoms with Crippen LogP contribution in [0.2, 0.25) is 0 Å². The molecule has 1 aromatic heterocycles. The normalized spacial score (nSPS) is 26.6. The average Bonchev–Trinajstić information content (AvgIpc) is 3.07. The van der Waals surface area contributed by atoms with E-state index < -0.39 is 0 Å². The van der Waals surface area contributed by atoms with Crippen LogP contribution < -0.4 is 0 Å². The molecule has 0 unspecified atom stereocenters. The number of thiophene rings is 1. The van der Waals surface area contributed by atoms with Gasteiger partial charge in [0.25, 0.3) is 0 Å². The van der Waals surface area contributed by atoms with Gasteiger partial charge in [-0.1, -0.05) is 12.1 Å². The summed E-state index contributed by atoms with van der Waals surface area (Å²) >= 11 is 1.67. The molecule has 102 valence electrons. The minimum atomic E-state index is 0.301. The molecule has 2 saturated heterocycles. The number of carbonyl (C=O) groups excluding carboxylic acids is 1. The highest BCUT2D eigenvalue weighted by Crippen LogP contribution is 2.32. The summed E-state index contributed by atoms with van der Waals surface area (Å²) in [6, 6.07) is 5.06. The van der Waals surface area contributed by atoms with Crippen molar-refractivity contribution in [1.29, 1.82) is 0 Å². The van der Waals surface area contributed by atoms with Gasteiger partial charge in [-0.15, -0.1) is 17.9 Å². The van der Waals surface area contributed by atoms with Crippen molar-refractivity contribution in [3.63, 3.8) is 0 Å². The third-order valence-electron chi connectivity index (χ3n) is 4.28. The fraction of sp³-hybridized carbons (Fsp3) is 0.533. The Bertz CT molecular complexity index is 457. The second-order valence-electron chi connectivity index (χ2n) is 5.34. The van der Waals surface area contributed by atoms with Crippen LogP contribution in [0, 0.1) is 0 Å². The minimum Gasteiger partial charge on any atom is -0.338 e. The molecule has 1 aromatic rings. The van der Waals surface area contributed by atoms with Gasteiger partial charge in [-0.3, -0.25) is 9.69 Å². The van der Waals surface area contributed by atoms with Crippen LogP contribution >= 0.6 is 11.3 Å². The Balaban J connectivity index is 1.64. The van der Waals surface area contributed by atoms with E-state index >= 15 is 0 Å². The number of rotatable bonds is 4. The Labute approximate surface area is 118 Å². The maximum Gasteiger partial charge on any atom is 0.228 e. The lowest BCUT2D eigenvalue weighted by Crippen LogP contribution is -2.40. The summed E-state index contributed by atoms with van der Waals surface area (Å²) < 4.78 is 0. The first kappa shape index (κ1) is 12.9. The first-order chi connectivity index (χ1) is 9.29. The zero-order chi connectivity index (χ0) is 13.2. The molecule has 2 atom stereocenters. The molecule has 2 fully saturated rings. The van der Waals surface area contributed by atoms with E-state index in [1.807, 2.05) is 17.5 Å². The van der Waals surface area contributed by atoms with Crippen LogP contribution in [0.5, 0.6) is 0 Å². The van der Waals surface area contributed by atoms with Crippen molar-refractivity contribution in [1.82, 2.24) is 9.80 Å². The second kappa shape index (κ2) is 5.47. The van der Waals surface area contributed by atoms with Crippen molar-refractivity contribution in [3.05, 3.63) is 35.0 Å². The average molecular weight is 276 g/mol. The molecule has 0 radical (unpaired) electrons. The lowest BCUT2D eigenvalue weighted by atomic mass is 10.1. The predicted octanol–water partition coefficient (Wildman–Crippen LogP) is 2.15. The summed E-state index contributed by atoms with van der Waals surface area (Å²) in [4.78, 5) is 18.2. The van der Waals surface area contributed by atoms with Crippen molar-refractivity contribution >= 4 is 17.2 Å². The standard InChI is InChI=1S/C15H20N2OS/c1-2-7-16-8-5-14-13(16)6-9-17(14)15(18)11-12-4-3-10-19-12/h2-4,10,13-14H,1,5-9,11H2/t13-,14-/m0/s1. The zero-order valence-corrected chi connectivity index (χ0v) is 11.9. The fourth-order valence-corrected chi connectivity index (χ4v) is 4.14. The zero-order valence-electron chi connectivity index (χ0n) is 11.1. The van der Waals surface area contributed by atoms with Gasteiger partial charge in [-0.25, -0.2) is 0 Å². The summed E-state index contributed by atoms with van der Waals surface area (Å²) in [5, 5.41) is 2.04. The first-order valence-electron chi connectivity index (χ1n) is 6.96. The third kappa shape index (κ3) is 2.47. The number of hydrogen-bond donors (Lipinski definition) is 0. The summed E-state index contributed by atoms with van der Waals surface area (Å²) in [6.45, 7) is 6.80. The topological polar surface area (TPSA) is 23.6 Å². The predicted molar refractivity (Wildman–Crippen MR) is 78.3 cm³/mol. The molecule has 1 amide bonds. The molecule has 2 aliphatic heterocycles. The van der Waals surface area contributed by atoms with Gasteiger partial charge in [0, 0.05) is 36.6 Å². The SMILES string of the molecule is C=CCN1CC[C@H]2[C@@H]1CCN2C(=O)Cc1cccs1. The molecule has 0 saturated carbocycles. The Hall–Kier alpha value is -1.13. The van der Waals surface area contributed by atoms with Gasteiger partial charge >= 0.3 is 0 Å². The van der Waals surface area contributed by atoms with Gasteiger partial charge in [0.05, 0.1) is 6.42 Å². The van der Waals surface area contributed by atoms with Gasteiger partial charge in [0.2, 0.25) is 5.91 Å². The maximum atomic E-state index is 12.4. The van der Waals surface area contributed by atoms with Crippen LogP contribution in [-0.2, 0) is 11.2 Å². The molecule has 0 N–H and O–H groups in total. The van der Waals surface area contributed by atoms with E-state index in [0.717, 1.165) is 32.5 Å². The molecule has 3 nitrogen and oxygen atoms in total. The van der Waals surface area contributed by atoms with Crippen LogP contribution in [-0.4, -0.2) is 47.4 Å². The number of likely N-dealkylation sites (tertiary alicyclic amines) is 2. The molecule has 0 aliphatic carbocycles. The Morgan fingerprint density at radius 3 is 3.00 bits per heavy atom. The first-order valence-corrected chi connectivity index (χ1v) is 7.84. The van der Waals surface area contributed by atoms with Gasteiger partial charge in [-0.2, -0.15) is 0 Å². The highest BCUT2D eigenvalue weighted by molar-refractivity contribution is 7.10. The summed E-state index contributed by atoms with van der Waals surface area (Å²) in [5.41, 5.74) is 0. The fourth-order valence-electron chi connectivity index (χ4n) is 3.44. The molecule has 2 aliphatic rings. The van der Waals surface area contributed by atoms with Gasteiger partial charge in [0.15, 0.2) is 0 Å². The highest BCUT2D eigenvalue weighted by atomic mass is 32.1. The number of nitrogens with zero attached hydrogens (tertiary/aromatic N) is 2. The maximum absolute atomic E-state index is 12.4. The highest BCUT2D eigenvalue weighted by Gasteiger charge is 2.43. The van der Waals surface area contributed by atoms with E-state index in [1.54, 1.807) is 11.3 Å². The smallest absolute Gasteiger partial charge is 0.228 e. The summed E-state index contributed by atoms with van der Waals surface area (Å²) in [5.74, 6) is 0.301. The van der Waals surface area contributed by atoms with Crippen molar-refractivity contribution in [2.24, 2.45) is 0 Å². The molecular formula is C15H20N2OS. The lowest BCUT2D eigenvalue weighted by Gasteiger charge is -2.25. The molecule has 0 bridgehead atoms. The van der Waals surface area contributed by atoms with E-state index in [-0.39, 0.29) is 0 Å². The summed E-state index contributed by atoms with van der Waals surface area (Å²) in [7, 11) is 0. The van der Waals surface area contributed by atoms with Crippen molar-refractivity contribution in [3.8, 4) is 0 Å². The Morgan fingerprint density at radius 2 is 2.26 bits per heavy atom. The Kier molecular flexibility index (Phi) is 3.71.